The SMILES string of the molecule is CC(C)(COc1c(Cl)cc(Cl)cc1Br)C(=O)O. The Balaban J connectivity index is 2.87. The van der Waals surface area contributed by atoms with E-state index in [0.29, 0.717) is 20.3 Å². The number of hydrogen-bond donors (Lipinski definition) is 1. The maximum Gasteiger partial charge on any atom is 0.312 e. The van der Waals surface area contributed by atoms with Gasteiger partial charge in [-0.2, -0.15) is 0 Å². The summed E-state index contributed by atoms with van der Waals surface area (Å²) in [5, 5.41) is 9.77. The predicted molar refractivity (Wildman–Crippen MR) is 71.1 cm³/mol. The molecule has 0 atom stereocenters. The number of carboxylic acid groups (broad SMARTS) is 1. The van der Waals surface area contributed by atoms with Gasteiger partial charge in [-0.15, -0.1) is 0 Å². The molecule has 6 heteroatoms. The van der Waals surface area contributed by atoms with Gasteiger partial charge in [-0.05, 0) is 41.9 Å². The first-order chi connectivity index (χ1) is 7.74. The molecule has 0 saturated carbocycles. The van der Waals surface area contributed by atoms with E-state index in [1.54, 1.807) is 19.9 Å². The van der Waals surface area contributed by atoms with Crippen molar-refractivity contribution in [1.29, 1.82) is 0 Å². The van der Waals surface area contributed by atoms with Crippen LogP contribution in [0.3, 0.4) is 0 Å². The zero-order valence-electron chi connectivity index (χ0n) is 9.26. The van der Waals surface area contributed by atoms with E-state index in [9.17, 15) is 4.79 Å². The van der Waals surface area contributed by atoms with E-state index >= 15 is 0 Å². The summed E-state index contributed by atoms with van der Waals surface area (Å²) in [5.41, 5.74) is -0.984. The topological polar surface area (TPSA) is 46.5 Å². The summed E-state index contributed by atoms with van der Waals surface area (Å²) < 4.78 is 6.02. The number of hydrogen-bond acceptors (Lipinski definition) is 2. The van der Waals surface area contributed by atoms with Gasteiger partial charge in [-0.1, -0.05) is 23.2 Å². The first kappa shape index (κ1) is 14.6. The third-order valence-corrected chi connectivity index (χ3v) is 3.21. The minimum absolute atomic E-state index is 0.0162. The van der Waals surface area contributed by atoms with E-state index < -0.39 is 11.4 Å². The second kappa shape index (κ2) is 5.46. The van der Waals surface area contributed by atoms with Crippen LogP contribution in [0, 0.1) is 5.41 Å². The highest BCUT2D eigenvalue weighted by Gasteiger charge is 2.28. The molecule has 0 spiro atoms. The lowest BCUT2D eigenvalue weighted by Gasteiger charge is -2.20. The molecule has 1 rings (SSSR count). The molecule has 0 bridgehead atoms. The smallest absolute Gasteiger partial charge is 0.312 e. The van der Waals surface area contributed by atoms with Crippen molar-refractivity contribution in [1.82, 2.24) is 0 Å². The Bertz CT molecular complexity index is 423. The summed E-state index contributed by atoms with van der Waals surface area (Å²) >= 11 is 15.0. The second-order valence-electron chi connectivity index (χ2n) is 4.18. The van der Waals surface area contributed by atoms with Crippen LogP contribution in [-0.4, -0.2) is 17.7 Å². The number of carboxylic acids is 1. The number of ether oxygens (including phenoxy) is 1. The molecule has 0 aliphatic rings. The Morgan fingerprint density at radius 3 is 2.53 bits per heavy atom. The Labute approximate surface area is 118 Å². The number of rotatable bonds is 4. The Morgan fingerprint density at radius 1 is 1.47 bits per heavy atom. The van der Waals surface area contributed by atoms with Crippen molar-refractivity contribution in [2.75, 3.05) is 6.61 Å². The predicted octanol–water partition coefficient (Wildman–Crippen LogP) is 4.25. The third kappa shape index (κ3) is 3.76. The maximum absolute atomic E-state index is 10.9. The van der Waals surface area contributed by atoms with Crippen molar-refractivity contribution in [2.45, 2.75) is 13.8 Å². The van der Waals surface area contributed by atoms with E-state index in [-0.39, 0.29) is 6.61 Å². The zero-order valence-corrected chi connectivity index (χ0v) is 12.4. The summed E-state index contributed by atoms with van der Waals surface area (Å²) in [6.07, 6.45) is 0. The van der Waals surface area contributed by atoms with Gasteiger partial charge in [-0.3, -0.25) is 4.79 Å². The monoisotopic (exact) mass is 340 g/mol. The second-order valence-corrected chi connectivity index (χ2v) is 5.87. The average molecular weight is 342 g/mol. The highest BCUT2D eigenvalue weighted by Crippen LogP contribution is 2.36. The van der Waals surface area contributed by atoms with Crippen LogP contribution < -0.4 is 4.74 Å². The molecule has 0 radical (unpaired) electrons. The van der Waals surface area contributed by atoms with Crippen molar-refractivity contribution < 1.29 is 14.6 Å². The molecule has 0 heterocycles. The molecule has 0 fully saturated rings. The van der Waals surface area contributed by atoms with Crippen LogP contribution in [-0.2, 0) is 4.79 Å². The summed E-state index contributed by atoms with van der Waals surface area (Å²) in [7, 11) is 0. The van der Waals surface area contributed by atoms with E-state index in [0.717, 1.165) is 0 Å². The molecule has 0 aromatic heterocycles. The van der Waals surface area contributed by atoms with Crippen LogP contribution in [0.25, 0.3) is 0 Å². The van der Waals surface area contributed by atoms with Gasteiger partial charge in [0.1, 0.15) is 6.61 Å². The van der Waals surface area contributed by atoms with E-state index in [4.69, 9.17) is 33.0 Å². The number of aliphatic carboxylic acids is 1. The van der Waals surface area contributed by atoms with Crippen LogP contribution in [0.4, 0.5) is 0 Å². The van der Waals surface area contributed by atoms with E-state index in [1.165, 1.54) is 6.07 Å². The molecular weight excluding hydrogens is 331 g/mol. The standard InChI is InChI=1S/C11H11BrCl2O3/c1-11(2,10(15)16)5-17-9-7(12)3-6(13)4-8(9)14/h3-4H,5H2,1-2H3,(H,15,16). The maximum atomic E-state index is 10.9. The number of carbonyl (C=O) groups is 1. The van der Waals surface area contributed by atoms with Gasteiger partial charge in [0, 0.05) is 5.02 Å². The summed E-state index contributed by atoms with van der Waals surface area (Å²) in [5.74, 6) is -0.538. The molecule has 0 aliphatic heterocycles. The fourth-order valence-corrected chi connectivity index (χ4v) is 2.35. The molecule has 0 unspecified atom stereocenters. The van der Waals surface area contributed by atoms with Crippen LogP contribution in [0.5, 0.6) is 5.75 Å². The number of halogens is 3. The third-order valence-electron chi connectivity index (χ3n) is 2.12. The molecule has 3 nitrogen and oxygen atoms in total. The van der Waals surface area contributed by atoms with Crippen molar-refractivity contribution in [3.8, 4) is 5.75 Å². The highest BCUT2D eigenvalue weighted by molar-refractivity contribution is 9.10. The molecule has 1 N–H and O–H groups in total. The molecule has 1 aromatic carbocycles. The minimum Gasteiger partial charge on any atom is -0.490 e. The molecular formula is C11H11BrCl2O3. The van der Waals surface area contributed by atoms with Crippen LogP contribution in [0.2, 0.25) is 10.0 Å². The average Bonchev–Trinajstić information content (AvgIpc) is 2.15. The lowest BCUT2D eigenvalue weighted by molar-refractivity contribution is -0.148. The van der Waals surface area contributed by atoms with Gasteiger partial charge in [0.05, 0.1) is 14.9 Å². The van der Waals surface area contributed by atoms with Gasteiger partial charge in [-0.25, -0.2) is 0 Å². The fraction of sp³-hybridized carbons (Fsp3) is 0.364. The Hall–Kier alpha value is -0.450. The molecule has 0 amide bonds. The first-order valence-corrected chi connectivity index (χ1v) is 6.29. The number of benzene rings is 1. The Morgan fingerprint density at radius 2 is 2.06 bits per heavy atom. The van der Waals surface area contributed by atoms with E-state index in [1.807, 2.05) is 0 Å². The molecule has 0 saturated heterocycles. The largest absolute Gasteiger partial charge is 0.490 e. The molecule has 94 valence electrons. The normalized spacial score (nSPS) is 11.4. The fourth-order valence-electron chi connectivity index (χ4n) is 0.981. The summed E-state index contributed by atoms with van der Waals surface area (Å²) in [6.45, 7) is 3.17. The van der Waals surface area contributed by atoms with Gasteiger partial charge in [0.2, 0.25) is 0 Å². The van der Waals surface area contributed by atoms with Gasteiger partial charge >= 0.3 is 5.97 Å². The minimum atomic E-state index is -0.984. The lowest BCUT2D eigenvalue weighted by Crippen LogP contribution is -2.30. The summed E-state index contributed by atoms with van der Waals surface area (Å²) in [4.78, 5) is 10.9. The van der Waals surface area contributed by atoms with Gasteiger partial charge in [0.25, 0.3) is 0 Å². The van der Waals surface area contributed by atoms with Crippen molar-refractivity contribution in [3.05, 3.63) is 26.7 Å². The van der Waals surface area contributed by atoms with Gasteiger partial charge in [0.15, 0.2) is 5.75 Å². The summed E-state index contributed by atoms with van der Waals surface area (Å²) in [6, 6.07) is 3.17. The van der Waals surface area contributed by atoms with Crippen molar-refractivity contribution in [3.63, 3.8) is 0 Å². The van der Waals surface area contributed by atoms with Crippen molar-refractivity contribution >= 4 is 45.1 Å². The highest BCUT2D eigenvalue weighted by atomic mass is 79.9. The van der Waals surface area contributed by atoms with E-state index in [2.05, 4.69) is 15.9 Å². The zero-order chi connectivity index (χ0) is 13.2. The molecule has 0 aliphatic carbocycles. The van der Waals surface area contributed by atoms with Crippen LogP contribution >= 0.6 is 39.1 Å². The Kier molecular flexibility index (Phi) is 4.69. The molecule has 17 heavy (non-hydrogen) atoms. The lowest BCUT2D eigenvalue weighted by atomic mass is 9.95. The van der Waals surface area contributed by atoms with Crippen LogP contribution in [0.1, 0.15) is 13.8 Å². The molecule has 1 aromatic rings. The van der Waals surface area contributed by atoms with Gasteiger partial charge < -0.3 is 9.84 Å². The quantitative estimate of drug-likeness (QED) is 0.890. The van der Waals surface area contributed by atoms with Crippen LogP contribution in [0.15, 0.2) is 16.6 Å². The first-order valence-electron chi connectivity index (χ1n) is 4.75. The van der Waals surface area contributed by atoms with Crippen molar-refractivity contribution in [2.24, 2.45) is 5.41 Å².